The smallest absolute Gasteiger partial charge is 0.117 e. The molecule has 1 saturated heterocycles. The van der Waals surface area contributed by atoms with Gasteiger partial charge >= 0.3 is 0 Å². The van der Waals surface area contributed by atoms with E-state index in [9.17, 15) is 0 Å². The molecule has 18 heavy (non-hydrogen) atoms. The summed E-state index contributed by atoms with van der Waals surface area (Å²) < 4.78 is 5.36. The summed E-state index contributed by atoms with van der Waals surface area (Å²) in [6, 6.07) is 6.46. The fourth-order valence-corrected chi connectivity index (χ4v) is 2.46. The summed E-state index contributed by atoms with van der Waals surface area (Å²) in [6.45, 7) is 7.02. The summed E-state index contributed by atoms with van der Waals surface area (Å²) in [5, 5.41) is 9.16. The average molecular weight is 247 g/mol. The Hall–Kier alpha value is -1.31. The molecule has 1 aliphatic rings. The van der Waals surface area contributed by atoms with Crippen LogP contribution in [0.3, 0.4) is 0 Å². The molecule has 98 valence electrons. The Morgan fingerprint density at radius 3 is 2.72 bits per heavy atom. The minimum atomic E-state index is 0.0979. The summed E-state index contributed by atoms with van der Waals surface area (Å²) in [4.78, 5) is 4.69. The third-order valence-electron chi connectivity index (χ3n) is 3.52. The van der Waals surface area contributed by atoms with Gasteiger partial charge in [0.15, 0.2) is 0 Å². The molecule has 0 aromatic carbocycles. The SMILES string of the molecule is CCCC(C#N)N1CCN(Cc2ccco2)CC1. The van der Waals surface area contributed by atoms with Gasteiger partial charge in [0.2, 0.25) is 0 Å². The summed E-state index contributed by atoms with van der Waals surface area (Å²) in [5.41, 5.74) is 0. The molecular weight excluding hydrogens is 226 g/mol. The second-order valence-electron chi connectivity index (χ2n) is 4.83. The Kier molecular flexibility index (Phi) is 4.80. The van der Waals surface area contributed by atoms with Crippen LogP contribution in [0, 0.1) is 11.3 Å². The van der Waals surface area contributed by atoms with E-state index in [2.05, 4.69) is 22.8 Å². The Morgan fingerprint density at radius 1 is 1.39 bits per heavy atom. The van der Waals surface area contributed by atoms with Gasteiger partial charge in [-0.2, -0.15) is 5.26 Å². The molecule has 0 amide bonds. The monoisotopic (exact) mass is 247 g/mol. The van der Waals surface area contributed by atoms with Gasteiger partial charge in [0.05, 0.1) is 24.9 Å². The predicted molar refractivity (Wildman–Crippen MR) is 69.9 cm³/mol. The molecule has 4 nitrogen and oxygen atoms in total. The molecule has 2 rings (SSSR count). The molecule has 1 aliphatic heterocycles. The van der Waals surface area contributed by atoms with Crippen LogP contribution in [0.1, 0.15) is 25.5 Å². The van der Waals surface area contributed by atoms with Gasteiger partial charge in [-0.1, -0.05) is 13.3 Å². The minimum absolute atomic E-state index is 0.0979. The maximum atomic E-state index is 9.16. The first-order chi connectivity index (χ1) is 8.83. The molecule has 0 spiro atoms. The third-order valence-corrected chi connectivity index (χ3v) is 3.52. The van der Waals surface area contributed by atoms with Gasteiger partial charge in [-0.05, 0) is 18.6 Å². The molecule has 1 fully saturated rings. The zero-order valence-electron chi connectivity index (χ0n) is 11.0. The van der Waals surface area contributed by atoms with E-state index in [1.54, 1.807) is 6.26 Å². The predicted octanol–water partition coefficient (Wildman–Crippen LogP) is 2.09. The van der Waals surface area contributed by atoms with Gasteiger partial charge in [-0.25, -0.2) is 0 Å². The number of furan rings is 1. The van der Waals surface area contributed by atoms with Crippen LogP contribution in [0.4, 0.5) is 0 Å². The van der Waals surface area contributed by atoms with Crippen molar-refractivity contribution in [2.24, 2.45) is 0 Å². The topological polar surface area (TPSA) is 43.4 Å². The molecular formula is C14H21N3O. The lowest BCUT2D eigenvalue weighted by Crippen LogP contribution is -2.49. The van der Waals surface area contributed by atoms with Crippen LogP contribution in [0.15, 0.2) is 22.8 Å². The van der Waals surface area contributed by atoms with Crippen molar-refractivity contribution in [2.45, 2.75) is 32.4 Å². The molecule has 4 heteroatoms. The fraction of sp³-hybridized carbons (Fsp3) is 0.643. The van der Waals surface area contributed by atoms with Crippen LogP contribution in [0.2, 0.25) is 0 Å². The molecule has 0 saturated carbocycles. The van der Waals surface area contributed by atoms with Crippen molar-refractivity contribution in [1.82, 2.24) is 9.80 Å². The van der Waals surface area contributed by atoms with Crippen molar-refractivity contribution in [3.8, 4) is 6.07 Å². The zero-order chi connectivity index (χ0) is 12.8. The quantitative estimate of drug-likeness (QED) is 0.799. The number of rotatable bonds is 5. The molecule has 1 aromatic heterocycles. The van der Waals surface area contributed by atoms with Crippen LogP contribution < -0.4 is 0 Å². The minimum Gasteiger partial charge on any atom is -0.468 e. The van der Waals surface area contributed by atoms with E-state index >= 15 is 0 Å². The Labute approximate surface area is 109 Å². The lowest BCUT2D eigenvalue weighted by Gasteiger charge is -2.36. The van der Waals surface area contributed by atoms with Crippen LogP contribution >= 0.6 is 0 Å². The largest absolute Gasteiger partial charge is 0.468 e. The Morgan fingerprint density at radius 2 is 2.17 bits per heavy atom. The second-order valence-corrected chi connectivity index (χ2v) is 4.83. The number of hydrogen-bond acceptors (Lipinski definition) is 4. The van der Waals surface area contributed by atoms with Gasteiger partial charge in [-0.3, -0.25) is 9.80 Å². The molecule has 1 aromatic rings. The Bertz CT molecular complexity index is 374. The van der Waals surface area contributed by atoms with E-state index in [4.69, 9.17) is 9.68 Å². The first kappa shape index (κ1) is 13.1. The van der Waals surface area contributed by atoms with E-state index in [-0.39, 0.29) is 6.04 Å². The Balaban J connectivity index is 1.79. The molecule has 1 atom stereocenters. The number of hydrogen-bond donors (Lipinski definition) is 0. The van der Waals surface area contributed by atoms with Crippen molar-refractivity contribution in [2.75, 3.05) is 26.2 Å². The summed E-state index contributed by atoms with van der Waals surface area (Å²) in [5.74, 6) is 1.02. The summed E-state index contributed by atoms with van der Waals surface area (Å²) in [6.07, 6.45) is 3.78. The van der Waals surface area contributed by atoms with E-state index in [1.807, 2.05) is 12.1 Å². The van der Waals surface area contributed by atoms with Gasteiger partial charge in [-0.15, -0.1) is 0 Å². The fourth-order valence-electron chi connectivity index (χ4n) is 2.46. The average Bonchev–Trinajstić information content (AvgIpc) is 2.90. The zero-order valence-corrected chi connectivity index (χ0v) is 11.0. The molecule has 1 unspecified atom stereocenters. The second kappa shape index (κ2) is 6.58. The van der Waals surface area contributed by atoms with Gasteiger partial charge in [0.25, 0.3) is 0 Å². The van der Waals surface area contributed by atoms with E-state index < -0.39 is 0 Å². The maximum Gasteiger partial charge on any atom is 0.117 e. The first-order valence-electron chi connectivity index (χ1n) is 6.72. The van der Waals surface area contributed by atoms with Crippen LogP contribution in [-0.2, 0) is 6.54 Å². The highest BCUT2D eigenvalue weighted by Crippen LogP contribution is 2.13. The van der Waals surface area contributed by atoms with E-state index in [1.165, 1.54) is 0 Å². The molecule has 2 heterocycles. The van der Waals surface area contributed by atoms with Gasteiger partial charge in [0.1, 0.15) is 5.76 Å². The summed E-state index contributed by atoms with van der Waals surface area (Å²) in [7, 11) is 0. The highest BCUT2D eigenvalue weighted by Gasteiger charge is 2.23. The van der Waals surface area contributed by atoms with Crippen molar-refractivity contribution in [3.63, 3.8) is 0 Å². The van der Waals surface area contributed by atoms with Crippen molar-refractivity contribution >= 4 is 0 Å². The van der Waals surface area contributed by atoms with E-state index in [0.29, 0.717) is 0 Å². The van der Waals surface area contributed by atoms with Crippen molar-refractivity contribution in [1.29, 1.82) is 5.26 Å². The molecule has 0 N–H and O–H groups in total. The van der Waals surface area contributed by atoms with Crippen LogP contribution in [-0.4, -0.2) is 42.0 Å². The van der Waals surface area contributed by atoms with Crippen LogP contribution in [0.5, 0.6) is 0 Å². The normalized spacial score (nSPS) is 19.6. The van der Waals surface area contributed by atoms with Crippen molar-refractivity contribution in [3.05, 3.63) is 24.2 Å². The number of piperazine rings is 1. The van der Waals surface area contributed by atoms with Gasteiger partial charge < -0.3 is 4.42 Å². The highest BCUT2D eigenvalue weighted by molar-refractivity contribution is 4.99. The third kappa shape index (κ3) is 3.34. The highest BCUT2D eigenvalue weighted by atomic mass is 16.3. The number of nitrogens with zero attached hydrogens (tertiary/aromatic N) is 3. The maximum absolute atomic E-state index is 9.16. The molecule has 0 radical (unpaired) electrons. The summed E-state index contributed by atoms with van der Waals surface area (Å²) >= 11 is 0. The lowest BCUT2D eigenvalue weighted by molar-refractivity contribution is 0.101. The first-order valence-corrected chi connectivity index (χ1v) is 6.72. The molecule has 0 aliphatic carbocycles. The molecule has 0 bridgehead atoms. The number of nitriles is 1. The van der Waals surface area contributed by atoms with Gasteiger partial charge in [0, 0.05) is 26.2 Å². The van der Waals surface area contributed by atoms with Crippen LogP contribution in [0.25, 0.3) is 0 Å². The van der Waals surface area contributed by atoms with E-state index in [0.717, 1.165) is 51.3 Å². The lowest BCUT2D eigenvalue weighted by atomic mass is 10.1. The van der Waals surface area contributed by atoms with Crippen molar-refractivity contribution < 1.29 is 4.42 Å². The standard InChI is InChI=1S/C14H21N3O/c1-2-4-13(11-15)17-8-6-16(7-9-17)12-14-5-3-10-18-14/h3,5,10,13H,2,4,6-9,12H2,1H3.